The highest BCUT2D eigenvalue weighted by Crippen LogP contribution is 2.45. The molecule has 0 atom stereocenters. The number of aliphatic carboxylic acids is 1. The molecule has 130 valence electrons. The molecule has 0 heterocycles. The van der Waals surface area contributed by atoms with Crippen molar-refractivity contribution in [2.45, 2.75) is 19.3 Å². The van der Waals surface area contributed by atoms with E-state index in [4.69, 9.17) is 5.11 Å². The number of hydrogen-bond donors (Lipinski definition) is 3. The van der Waals surface area contributed by atoms with E-state index in [1.54, 1.807) is 0 Å². The molecule has 2 amide bonds. The van der Waals surface area contributed by atoms with Crippen LogP contribution in [0.2, 0.25) is 0 Å². The highest BCUT2D eigenvalue weighted by atomic mass is 16.4. The normalized spacial score (nSPS) is 14.7. The number of carboxylic acids is 1. The van der Waals surface area contributed by atoms with Gasteiger partial charge in [0.15, 0.2) is 0 Å². The van der Waals surface area contributed by atoms with E-state index in [0.29, 0.717) is 12.8 Å². The number of benzene rings is 2. The van der Waals surface area contributed by atoms with Gasteiger partial charge in [-0.15, -0.1) is 0 Å². The summed E-state index contributed by atoms with van der Waals surface area (Å²) in [5.74, 6) is -1.50. The Bertz CT molecular complexity index is 822. The lowest BCUT2D eigenvalue weighted by atomic mass is 10.0. The summed E-state index contributed by atoms with van der Waals surface area (Å²) < 4.78 is 0. The Labute approximate surface area is 145 Å². The summed E-state index contributed by atoms with van der Waals surface area (Å²) in [5, 5.41) is 16.3. The van der Waals surface area contributed by atoms with Gasteiger partial charge in [0.25, 0.3) is 0 Å². The van der Waals surface area contributed by atoms with Crippen LogP contribution in [0.1, 0.15) is 18.4 Å². The van der Waals surface area contributed by atoms with Crippen LogP contribution < -0.4 is 10.6 Å². The molecular weight excluding hydrogens is 320 g/mol. The fourth-order valence-electron chi connectivity index (χ4n) is 2.81. The smallest absolute Gasteiger partial charge is 0.311 e. The van der Waals surface area contributed by atoms with Crippen LogP contribution in [0.15, 0.2) is 42.5 Å². The second-order valence-corrected chi connectivity index (χ2v) is 6.45. The van der Waals surface area contributed by atoms with Crippen LogP contribution in [0.25, 0.3) is 10.8 Å². The van der Waals surface area contributed by atoms with Gasteiger partial charge in [0.05, 0.1) is 18.4 Å². The van der Waals surface area contributed by atoms with Crippen molar-refractivity contribution in [3.8, 4) is 0 Å². The van der Waals surface area contributed by atoms with Crippen molar-refractivity contribution in [1.29, 1.82) is 0 Å². The number of carbonyl (C=O) groups excluding carboxylic acids is 2. The number of hydrogen-bond acceptors (Lipinski definition) is 3. The summed E-state index contributed by atoms with van der Waals surface area (Å²) in [6.07, 6.45) is 1.35. The highest BCUT2D eigenvalue weighted by molar-refractivity contribution is 5.91. The van der Waals surface area contributed by atoms with Gasteiger partial charge in [-0.2, -0.15) is 0 Å². The zero-order valence-electron chi connectivity index (χ0n) is 13.7. The quantitative estimate of drug-likeness (QED) is 0.711. The Morgan fingerprint density at radius 3 is 2.40 bits per heavy atom. The molecule has 6 nitrogen and oxygen atoms in total. The van der Waals surface area contributed by atoms with E-state index >= 15 is 0 Å². The van der Waals surface area contributed by atoms with Crippen LogP contribution in [-0.2, 0) is 20.8 Å². The molecule has 0 aliphatic heterocycles. The Morgan fingerprint density at radius 2 is 1.68 bits per heavy atom. The Morgan fingerprint density at radius 1 is 0.960 bits per heavy atom. The first-order valence-electron chi connectivity index (χ1n) is 8.24. The molecule has 1 fully saturated rings. The largest absolute Gasteiger partial charge is 0.481 e. The van der Waals surface area contributed by atoms with E-state index in [0.717, 1.165) is 16.3 Å². The van der Waals surface area contributed by atoms with Crippen molar-refractivity contribution in [3.05, 3.63) is 48.0 Å². The third-order valence-corrected chi connectivity index (χ3v) is 4.61. The van der Waals surface area contributed by atoms with Gasteiger partial charge >= 0.3 is 5.97 Å². The minimum atomic E-state index is -0.882. The van der Waals surface area contributed by atoms with Gasteiger partial charge in [-0.1, -0.05) is 42.5 Å². The summed E-state index contributed by atoms with van der Waals surface area (Å²) in [6.45, 7) is -0.0420. The fraction of sp³-hybridized carbons (Fsp3) is 0.316. The summed E-state index contributed by atoms with van der Waals surface area (Å²) in [5.41, 5.74) is 0.0987. The Kier molecular flexibility index (Phi) is 4.70. The minimum absolute atomic E-state index is 0.111. The maximum absolute atomic E-state index is 12.1. The number of amides is 2. The molecule has 25 heavy (non-hydrogen) atoms. The highest BCUT2D eigenvalue weighted by Gasteiger charge is 2.50. The van der Waals surface area contributed by atoms with Gasteiger partial charge in [-0.05, 0) is 29.2 Å². The average Bonchev–Trinajstić information content (AvgIpc) is 3.40. The number of rotatable bonds is 7. The molecule has 0 radical (unpaired) electrons. The molecule has 1 aliphatic rings. The summed E-state index contributed by atoms with van der Waals surface area (Å²) in [6, 6.07) is 13.6. The number of carbonyl (C=O) groups is 3. The van der Waals surface area contributed by atoms with Crippen LogP contribution in [0.3, 0.4) is 0 Å². The van der Waals surface area contributed by atoms with Gasteiger partial charge in [-0.25, -0.2) is 0 Å². The van der Waals surface area contributed by atoms with Crippen LogP contribution >= 0.6 is 0 Å². The van der Waals surface area contributed by atoms with Crippen LogP contribution in [0.4, 0.5) is 0 Å². The molecule has 1 aliphatic carbocycles. The first-order valence-corrected chi connectivity index (χ1v) is 8.24. The van der Waals surface area contributed by atoms with E-state index in [1.807, 2.05) is 42.5 Å². The standard InChI is InChI=1S/C19H20N2O4/c22-16(10-14-6-3-5-13-4-1-2-7-15(13)14)20-11-17(23)21-12-19(8-9-19)18(24)25/h1-7H,8-12H2,(H,20,22)(H,21,23)(H,24,25). The third kappa shape index (κ3) is 3.96. The number of fused-ring (bicyclic) bond motifs is 1. The SMILES string of the molecule is O=C(CNC(=O)Cc1cccc2ccccc12)NCC1(C(=O)O)CC1. The van der Waals surface area contributed by atoms with E-state index < -0.39 is 11.4 Å². The molecule has 2 aromatic rings. The van der Waals surface area contributed by atoms with Crippen LogP contribution in [0, 0.1) is 5.41 Å². The topological polar surface area (TPSA) is 95.5 Å². The van der Waals surface area contributed by atoms with Crippen LogP contribution in [-0.4, -0.2) is 36.0 Å². The number of carboxylic acid groups (broad SMARTS) is 1. The van der Waals surface area contributed by atoms with Crippen molar-refractivity contribution < 1.29 is 19.5 Å². The van der Waals surface area contributed by atoms with E-state index in [2.05, 4.69) is 10.6 Å². The minimum Gasteiger partial charge on any atom is -0.481 e. The molecule has 1 saturated carbocycles. The maximum atomic E-state index is 12.1. The van der Waals surface area contributed by atoms with Gasteiger partial charge in [0.1, 0.15) is 0 Å². The molecular formula is C19H20N2O4. The lowest BCUT2D eigenvalue weighted by Gasteiger charge is -2.12. The molecule has 3 rings (SSSR count). The van der Waals surface area contributed by atoms with E-state index in [1.165, 1.54) is 0 Å². The third-order valence-electron chi connectivity index (χ3n) is 4.61. The van der Waals surface area contributed by atoms with E-state index in [9.17, 15) is 14.4 Å². The van der Waals surface area contributed by atoms with Crippen LogP contribution in [0.5, 0.6) is 0 Å². The van der Waals surface area contributed by atoms with Crippen molar-refractivity contribution >= 4 is 28.6 Å². The van der Waals surface area contributed by atoms with Gasteiger partial charge in [0.2, 0.25) is 11.8 Å². The molecule has 0 saturated heterocycles. The molecule has 3 N–H and O–H groups in total. The molecule has 2 aromatic carbocycles. The summed E-state index contributed by atoms with van der Waals surface area (Å²) in [4.78, 5) is 34.9. The van der Waals surface area contributed by atoms with Crippen molar-refractivity contribution in [1.82, 2.24) is 10.6 Å². The van der Waals surface area contributed by atoms with E-state index in [-0.39, 0.29) is 31.3 Å². The number of nitrogens with one attached hydrogen (secondary N) is 2. The maximum Gasteiger partial charge on any atom is 0.311 e. The first-order chi connectivity index (χ1) is 12.0. The lowest BCUT2D eigenvalue weighted by molar-refractivity contribution is -0.143. The fourth-order valence-corrected chi connectivity index (χ4v) is 2.81. The zero-order chi connectivity index (χ0) is 17.9. The second-order valence-electron chi connectivity index (χ2n) is 6.45. The Hall–Kier alpha value is -2.89. The average molecular weight is 340 g/mol. The molecule has 0 spiro atoms. The molecule has 0 unspecified atom stereocenters. The first kappa shape index (κ1) is 17.0. The summed E-state index contributed by atoms with van der Waals surface area (Å²) >= 11 is 0. The zero-order valence-corrected chi connectivity index (χ0v) is 13.7. The van der Waals surface area contributed by atoms with Gasteiger partial charge in [0, 0.05) is 6.54 Å². The molecule has 0 aromatic heterocycles. The second kappa shape index (κ2) is 6.93. The van der Waals surface area contributed by atoms with Crippen molar-refractivity contribution in [2.75, 3.05) is 13.1 Å². The lowest BCUT2D eigenvalue weighted by Crippen LogP contribution is -2.41. The Balaban J connectivity index is 1.49. The predicted molar refractivity (Wildman–Crippen MR) is 93.0 cm³/mol. The monoisotopic (exact) mass is 340 g/mol. The van der Waals surface area contributed by atoms with Crippen molar-refractivity contribution in [3.63, 3.8) is 0 Å². The summed E-state index contributed by atoms with van der Waals surface area (Å²) in [7, 11) is 0. The van der Waals surface area contributed by atoms with Gasteiger partial charge in [-0.3, -0.25) is 14.4 Å². The molecule has 6 heteroatoms. The predicted octanol–water partition coefficient (Wildman–Crippen LogP) is 1.48. The molecule has 0 bridgehead atoms. The van der Waals surface area contributed by atoms with Crippen molar-refractivity contribution in [2.24, 2.45) is 5.41 Å². The van der Waals surface area contributed by atoms with Gasteiger partial charge < -0.3 is 15.7 Å².